The number of H-pyrrole nitrogens is 1. The molecule has 0 fully saturated rings. The van der Waals surface area contributed by atoms with Gasteiger partial charge in [0.25, 0.3) is 0 Å². The van der Waals surface area contributed by atoms with Crippen LogP contribution in [0.3, 0.4) is 0 Å². The predicted molar refractivity (Wildman–Crippen MR) is 107 cm³/mol. The van der Waals surface area contributed by atoms with Crippen LogP contribution in [0.2, 0.25) is 0 Å². The molecule has 0 bridgehead atoms. The minimum Gasteiger partial charge on any atom is -0.497 e. The number of hydrogen-bond acceptors (Lipinski definition) is 5. The van der Waals surface area contributed by atoms with E-state index in [9.17, 15) is 4.79 Å². The van der Waals surface area contributed by atoms with Crippen molar-refractivity contribution in [3.05, 3.63) is 59.4 Å². The van der Waals surface area contributed by atoms with E-state index in [1.54, 1.807) is 44.0 Å². The fourth-order valence-corrected chi connectivity index (χ4v) is 3.38. The van der Waals surface area contributed by atoms with Crippen LogP contribution in [-0.4, -0.2) is 36.6 Å². The first-order valence-electron chi connectivity index (χ1n) is 8.45. The van der Waals surface area contributed by atoms with Gasteiger partial charge in [0.2, 0.25) is 5.91 Å². The molecule has 0 saturated carbocycles. The summed E-state index contributed by atoms with van der Waals surface area (Å²) in [5.74, 6) is 1.19. The average molecular weight is 383 g/mol. The number of rotatable bonds is 8. The first-order valence-corrected chi connectivity index (χ1v) is 9.33. The molecule has 1 aromatic carbocycles. The zero-order valence-electron chi connectivity index (χ0n) is 15.2. The van der Waals surface area contributed by atoms with Crippen LogP contribution >= 0.6 is 11.3 Å². The first kappa shape index (κ1) is 18.7. The summed E-state index contributed by atoms with van der Waals surface area (Å²) in [4.78, 5) is 20.7. The second-order valence-electron chi connectivity index (χ2n) is 5.69. The molecule has 0 atom stereocenters. The number of nitrogens with one attached hydrogen (secondary N) is 2. The Labute approximate surface area is 161 Å². The normalized spacial score (nSPS) is 10.9. The highest BCUT2D eigenvalue weighted by molar-refractivity contribution is 7.13. The van der Waals surface area contributed by atoms with Gasteiger partial charge in [-0.05, 0) is 29.7 Å². The molecule has 140 valence electrons. The number of imidazole rings is 1. The van der Waals surface area contributed by atoms with Crippen molar-refractivity contribution in [1.29, 1.82) is 0 Å². The van der Waals surface area contributed by atoms with Crippen LogP contribution in [0.4, 0.5) is 0 Å². The fourth-order valence-electron chi connectivity index (χ4n) is 2.63. The van der Waals surface area contributed by atoms with Crippen molar-refractivity contribution in [3.8, 4) is 22.1 Å². The lowest BCUT2D eigenvalue weighted by Gasteiger charge is -2.07. The number of carbonyl (C=O) groups excluding carboxylic acids is 1. The maximum absolute atomic E-state index is 12.1. The van der Waals surface area contributed by atoms with Crippen molar-refractivity contribution in [1.82, 2.24) is 15.3 Å². The number of aromatic nitrogens is 2. The molecule has 3 rings (SSSR count). The Balaban J connectivity index is 1.55. The van der Waals surface area contributed by atoms with Crippen LogP contribution in [0.5, 0.6) is 11.5 Å². The molecule has 7 heteroatoms. The minimum absolute atomic E-state index is 0.162. The number of nitrogens with zero attached hydrogens (tertiary/aromatic N) is 1. The molecule has 0 aliphatic rings. The number of ether oxygens (including phenoxy) is 2. The molecule has 0 spiro atoms. The minimum atomic E-state index is -0.162. The van der Waals surface area contributed by atoms with E-state index in [1.807, 2.05) is 29.6 Å². The Hall–Kier alpha value is -3.06. The summed E-state index contributed by atoms with van der Waals surface area (Å²) >= 11 is 1.64. The standard InChI is InChI=1S/C20H21N3O3S/c1-25-15-7-5-14(17(12-15)26-2)6-8-19(24)21-10-9-16-20(23-13-22-16)18-4-3-11-27-18/h3-8,11-13H,9-10H2,1-2H3,(H,21,24)(H,22,23)/b8-6+. The summed E-state index contributed by atoms with van der Waals surface area (Å²) in [6, 6.07) is 9.48. The van der Waals surface area contributed by atoms with Crippen molar-refractivity contribution < 1.29 is 14.3 Å². The second kappa shape index (κ2) is 9.05. The predicted octanol–water partition coefficient (Wildman–Crippen LogP) is 3.53. The van der Waals surface area contributed by atoms with Crippen LogP contribution in [0.15, 0.2) is 48.1 Å². The van der Waals surface area contributed by atoms with Gasteiger partial charge in [0.1, 0.15) is 17.2 Å². The number of amides is 1. The molecule has 0 unspecified atom stereocenters. The van der Waals surface area contributed by atoms with E-state index in [1.165, 1.54) is 6.08 Å². The van der Waals surface area contributed by atoms with Gasteiger partial charge in [-0.2, -0.15) is 0 Å². The summed E-state index contributed by atoms with van der Waals surface area (Å²) in [5, 5.41) is 4.91. The highest BCUT2D eigenvalue weighted by atomic mass is 32.1. The lowest BCUT2D eigenvalue weighted by Crippen LogP contribution is -2.23. The van der Waals surface area contributed by atoms with E-state index in [0.29, 0.717) is 24.5 Å². The Bertz CT molecular complexity index is 916. The number of carbonyl (C=O) groups is 1. The number of aromatic amines is 1. The van der Waals surface area contributed by atoms with E-state index in [-0.39, 0.29) is 5.91 Å². The van der Waals surface area contributed by atoms with Gasteiger partial charge < -0.3 is 19.8 Å². The molecule has 2 aromatic heterocycles. The topological polar surface area (TPSA) is 76.2 Å². The van der Waals surface area contributed by atoms with Gasteiger partial charge in [-0.1, -0.05) is 6.07 Å². The monoisotopic (exact) mass is 383 g/mol. The Morgan fingerprint density at radius 3 is 2.93 bits per heavy atom. The molecule has 2 heterocycles. The highest BCUT2D eigenvalue weighted by Gasteiger charge is 2.09. The SMILES string of the molecule is COc1ccc(/C=C/C(=O)NCCc2[nH]cnc2-c2cccs2)c(OC)c1. The molecule has 0 aliphatic heterocycles. The molecule has 0 radical (unpaired) electrons. The Morgan fingerprint density at radius 2 is 2.19 bits per heavy atom. The summed E-state index contributed by atoms with van der Waals surface area (Å²) in [6.07, 6.45) is 5.58. The summed E-state index contributed by atoms with van der Waals surface area (Å²) in [7, 11) is 3.18. The second-order valence-corrected chi connectivity index (χ2v) is 6.64. The van der Waals surface area contributed by atoms with Crippen LogP contribution in [-0.2, 0) is 11.2 Å². The maximum Gasteiger partial charge on any atom is 0.244 e. The van der Waals surface area contributed by atoms with Crippen LogP contribution < -0.4 is 14.8 Å². The van der Waals surface area contributed by atoms with Gasteiger partial charge in [0.05, 0.1) is 25.4 Å². The third-order valence-electron chi connectivity index (χ3n) is 4.00. The van der Waals surface area contributed by atoms with Gasteiger partial charge >= 0.3 is 0 Å². The lowest BCUT2D eigenvalue weighted by molar-refractivity contribution is -0.116. The summed E-state index contributed by atoms with van der Waals surface area (Å²) < 4.78 is 10.5. The van der Waals surface area contributed by atoms with E-state index < -0.39 is 0 Å². The summed E-state index contributed by atoms with van der Waals surface area (Å²) in [5.41, 5.74) is 2.76. The summed E-state index contributed by atoms with van der Waals surface area (Å²) in [6.45, 7) is 0.517. The van der Waals surface area contributed by atoms with E-state index in [0.717, 1.165) is 21.8 Å². The molecule has 1 amide bonds. The number of thiophene rings is 1. The fraction of sp³-hybridized carbons (Fsp3) is 0.200. The molecule has 0 aliphatic carbocycles. The molecular formula is C20H21N3O3S. The maximum atomic E-state index is 12.1. The van der Waals surface area contributed by atoms with Crippen molar-refractivity contribution >= 4 is 23.3 Å². The van der Waals surface area contributed by atoms with Gasteiger partial charge in [0.15, 0.2) is 0 Å². The zero-order chi connectivity index (χ0) is 19.1. The van der Waals surface area contributed by atoms with Gasteiger partial charge in [0, 0.05) is 36.4 Å². The quantitative estimate of drug-likeness (QED) is 0.584. The first-order chi connectivity index (χ1) is 13.2. The largest absolute Gasteiger partial charge is 0.497 e. The molecule has 0 saturated heterocycles. The Morgan fingerprint density at radius 1 is 1.30 bits per heavy atom. The van der Waals surface area contributed by atoms with E-state index in [4.69, 9.17) is 9.47 Å². The van der Waals surface area contributed by atoms with Gasteiger partial charge in [-0.3, -0.25) is 4.79 Å². The van der Waals surface area contributed by atoms with Crippen molar-refractivity contribution in [2.75, 3.05) is 20.8 Å². The average Bonchev–Trinajstić information content (AvgIpc) is 3.37. The van der Waals surface area contributed by atoms with Crippen LogP contribution in [0, 0.1) is 0 Å². The van der Waals surface area contributed by atoms with E-state index in [2.05, 4.69) is 15.3 Å². The molecule has 3 aromatic rings. The van der Waals surface area contributed by atoms with Crippen LogP contribution in [0.25, 0.3) is 16.6 Å². The number of benzene rings is 1. The molecular weight excluding hydrogens is 362 g/mol. The zero-order valence-corrected chi connectivity index (χ0v) is 16.0. The van der Waals surface area contributed by atoms with Crippen molar-refractivity contribution in [2.24, 2.45) is 0 Å². The Kier molecular flexibility index (Phi) is 6.27. The van der Waals surface area contributed by atoms with Crippen LogP contribution in [0.1, 0.15) is 11.3 Å². The van der Waals surface area contributed by atoms with Gasteiger partial charge in [-0.25, -0.2) is 4.98 Å². The third kappa shape index (κ3) is 4.77. The van der Waals surface area contributed by atoms with E-state index >= 15 is 0 Å². The number of hydrogen-bond donors (Lipinski definition) is 2. The van der Waals surface area contributed by atoms with Gasteiger partial charge in [-0.15, -0.1) is 11.3 Å². The number of methoxy groups -OCH3 is 2. The third-order valence-corrected chi connectivity index (χ3v) is 4.88. The van der Waals surface area contributed by atoms with Crippen molar-refractivity contribution in [2.45, 2.75) is 6.42 Å². The smallest absolute Gasteiger partial charge is 0.244 e. The molecule has 2 N–H and O–H groups in total. The molecule has 27 heavy (non-hydrogen) atoms. The highest BCUT2D eigenvalue weighted by Crippen LogP contribution is 2.26. The lowest BCUT2D eigenvalue weighted by atomic mass is 10.1. The van der Waals surface area contributed by atoms with Crippen molar-refractivity contribution in [3.63, 3.8) is 0 Å². The molecule has 6 nitrogen and oxygen atoms in total.